The van der Waals surface area contributed by atoms with Gasteiger partial charge < -0.3 is 10.2 Å². The van der Waals surface area contributed by atoms with Crippen molar-refractivity contribution in [1.82, 2.24) is 10.2 Å². The summed E-state index contributed by atoms with van der Waals surface area (Å²) in [5.41, 5.74) is 1.48. The standard InChI is InChI=1S/C14H21ClN2S/c1-17-7-5-10(6-8-17)16-12-3-2-4-13-11(12)9-14(15)18-13/h9-10,12,16H,2-8H2,1H3. The van der Waals surface area contributed by atoms with Gasteiger partial charge >= 0.3 is 0 Å². The van der Waals surface area contributed by atoms with E-state index < -0.39 is 0 Å². The second-order valence-corrected chi connectivity index (χ2v) is 7.39. The number of aryl methyl sites for hydroxylation is 1. The summed E-state index contributed by atoms with van der Waals surface area (Å²) >= 11 is 7.94. The number of piperidine rings is 1. The highest BCUT2D eigenvalue weighted by Gasteiger charge is 2.26. The van der Waals surface area contributed by atoms with Crippen LogP contribution in [-0.2, 0) is 6.42 Å². The Morgan fingerprint density at radius 1 is 1.33 bits per heavy atom. The molecule has 1 unspecified atom stereocenters. The van der Waals surface area contributed by atoms with Crippen LogP contribution in [0.5, 0.6) is 0 Å². The van der Waals surface area contributed by atoms with Crippen molar-refractivity contribution < 1.29 is 0 Å². The summed E-state index contributed by atoms with van der Waals surface area (Å²) in [7, 11) is 2.22. The van der Waals surface area contributed by atoms with Crippen molar-refractivity contribution in [3.8, 4) is 0 Å². The molecule has 0 spiro atoms. The molecule has 1 atom stereocenters. The van der Waals surface area contributed by atoms with Crippen LogP contribution in [0.3, 0.4) is 0 Å². The molecule has 0 radical (unpaired) electrons. The fourth-order valence-corrected chi connectivity index (χ4v) is 4.54. The summed E-state index contributed by atoms with van der Waals surface area (Å²) in [6, 6.07) is 3.43. The average Bonchev–Trinajstić information content (AvgIpc) is 2.73. The van der Waals surface area contributed by atoms with Gasteiger partial charge in [0.05, 0.1) is 4.34 Å². The molecule has 0 bridgehead atoms. The van der Waals surface area contributed by atoms with Gasteiger partial charge in [0.2, 0.25) is 0 Å². The Morgan fingerprint density at radius 2 is 2.11 bits per heavy atom. The zero-order chi connectivity index (χ0) is 12.5. The number of thiophene rings is 1. The number of hydrogen-bond acceptors (Lipinski definition) is 3. The molecule has 1 aromatic heterocycles. The second-order valence-electron chi connectivity index (χ2n) is 5.62. The molecular weight excluding hydrogens is 264 g/mol. The molecule has 2 heterocycles. The highest BCUT2D eigenvalue weighted by Crippen LogP contribution is 2.38. The van der Waals surface area contributed by atoms with E-state index >= 15 is 0 Å². The van der Waals surface area contributed by atoms with Crippen LogP contribution in [-0.4, -0.2) is 31.1 Å². The van der Waals surface area contributed by atoms with Crippen LogP contribution in [0, 0.1) is 0 Å². The van der Waals surface area contributed by atoms with Crippen molar-refractivity contribution >= 4 is 22.9 Å². The van der Waals surface area contributed by atoms with Crippen LogP contribution < -0.4 is 5.32 Å². The molecule has 1 saturated heterocycles. The fraction of sp³-hybridized carbons (Fsp3) is 0.714. The highest BCUT2D eigenvalue weighted by molar-refractivity contribution is 7.16. The van der Waals surface area contributed by atoms with Crippen LogP contribution in [0.25, 0.3) is 0 Å². The molecule has 1 fully saturated rings. The first kappa shape index (κ1) is 12.9. The molecule has 0 saturated carbocycles. The minimum Gasteiger partial charge on any atom is -0.307 e. The van der Waals surface area contributed by atoms with Gasteiger partial charge in [0.25, 0.3) is 0 Å². The minimum atomic E-state index is 0.547. The number of fused-ring (bicyclic) bond motifs is 1. The van der Waals surface area contributed by atoms with Crippen LogP contribution in [0.4, 0.5) is 0 Å². The smallest absolute Gasteiger partial charge is 0.0934 e. The maximum Gasteiger partial charge on any atom is 0.0934 e. The first-order chi connectivity index (χ1) is 8.72. The monoisotopic (exact) mass is 284 g/mol. The predicted octanol–water partition coefficient (Wildman–Crippen LogP) is 3.46. The zero-order valence-corrected chi connectivity index (χ0v) is 12.5. The third kappa shape index (κ3) is 2.74. The normalized spacial score (nSPS) is 26.2. The Bertz CT molecular complexity index is 410. The van der Waals surface area contributed by atoms with Gasteiger partial charge in [-0.15, -0.1) is 11.3 Å². The lowest BCUT2D eigenvalue weighted by molar-refractivity contribution is 0.220. The summed E-state index contributed by atoms with van der Waals surface area (Å²) in [4.78, 5) is 3.93. The summed E-state index contributed by atoms with van der Waals surface area (Å²) < 4.78 is 0.956. The van der Waals surface area contributed by atoms with Gasteiger partial charge in [0.15, 0.2) is 0 Å². The molecule has 18 heavy (non-hydrogen) atoms. The Morgan fingerprint density at radius 3 is 2.89 bits per heavy atom. The van der Waals surface area contributed by atoms with Gasteiger partial charge in [0, 0.05) is 17.0 Å². The molecule has 2 nitrogen and oxygen atoms in total. The molecule has 1 aliphatic carbocycles. The molecule has 2 aliphatic rings. The fourth-order valence-electron chi connectivity index (χ4n) is 3.15. The zero-order valence-electron chi connectivity index (χ0n) is 10.9. The Balaban J connectivity index is 1.67. The number of halogens is 1. The number of hydrogen-bond donors (Lipinski definition) is 1. The molecule has 4 heteroatoms. The maximum atomic E-state index is 6.16. The van der Waals surface area contributed by atoms with E-state index in [0.29, 0.717) is 12.1 Å². The summed E-state index contributed by atoms with van der Waals surface area (Å²) in [6.45, 7) is 2.45. The highest BCUT2D eigenvalue weighted by atomic mass is 35.5. The number of nitrogens with one attached hydrogen (secondary N) is 1. The molecule has 0 aromatic carbocycles. The van der Waals surface area contributed by atoms with Gasteiger partial charge in [-0.3, -0.25) is 0 Å². The predicted molar refractivity (Wildman–Crippen MR) is 78.7 cm³/mol. The lowest BCUT2D eigenvalue weighted by Gasteiger charge is -2.34. The lowest BCUT2D eigenvalue weighted by Crippen LogP contribution is -2.42. The van der Waals surface area contributed by atoms with E-state index in [2.05, 4.69) is 23.3 Å². The SMILES string of the molecule is CN1CCC(NC2CCCc3sc(Cl)cc32)CC1. The Hall–Kier alpha value is -0.0900. The van der Waals surface area contributed by atoms with E-state index in [-0.39, 0.29) is 0 Å². The van der Waals surface area contributed by atoms with Crippen LogP contribution >= 0.6 is 22.9 Å². The maximum absolute atomic E-state index is 6.16. The van der Waals surface area contributed by atoms with E-state index in [4.69, 9.17) is 11.6 Å². The van der Waals surface area contributed by atoms with E-state index in [1.54, 1.807) is 11.3 Å². The number of likely N-dealkylation sites (tertiary alicyclic amines) is 1. The molecule has 3 rings (SSSR count). The molecule has 1 N–H and O–H groups in total. The van der Waals surface area contributed by atoms with Crippen molar-refractivity contribution in [3.63, 3.8) is 0 Å². The molecule has 1 aliphatic heterocycles. The van der Waals surface area contributed by atoms with Crippen molar-refractivity contribution in [2.45, 2.75) is 44.2 Å². The van der Waals surface area contributed by atoms with Gasteiger partial charge in [-0.1, -0.05) is 11.6 Å². The quantitative estimate of drug-likeness (QED) is 0.895. The van der Waals surface area contributed by atoms with Crippen molar-refractivity contribution in [2.24, 2.45) is 0 Å². The molecule has 0 amide bonds. The second kappa shape index (κ2) is 5.49. The van der Waals surface area contributed by atoms with Crippen LogP contribution in [0.1, 0.15) is 42.2 Å². The topological polar surface area (TPSA) is 15.3 Å². The van der Waals surface area contributed by atoms with Gasteiger partial charge in [-0.25, -0.2) is 0 Å². The average molecular weight is 285 g/mol. The molecular formula is C14H21ClN2S. The van der Waals surface area contributed by atoms with E-state index in [1.165, 1.54) is 55.6 Å². The van der Waals surface area contributed by atoms with E-state index in [1.807, 2.05) is 0 Å². The minimum absolute atomic E-state index is 0.547. The van der Waals surface area contributed by atoms with E-state index in [0.717, 1.165) is 4.34 Å². The Kier molecular flexibility index (Phi) is 3.94. The third-order valence-corrected chi connectivity index (χ3v) is 5.58. The van der Waals surface area contributed by atoms with Crippen LogP contribution in [0.2, 0.25) is 4.34 Å². The first-order valence-corrected chi connectivity index (χ1v) is 8.14. The summed E-state index contributed by atoms with van der Waals surface area (Å²) in [5.74, 6) is 0. The lowest BCUT2D eigenvalue weighted by atomic mass is 9.92. The summed E-state index contributed by atoms with van der Waals surface area (Å²) in [6.07, 6.45) is 6.35. The van der Waals surface area contributed by atoms with Crippen molar-refractivity contribution in [3.05, 3.63) is 20.8 Å². The number of rotatable bonds is 2. The van der Waals surface area contributed by atoms with Crippen molar-refractivity contribution in [2.75, 3.05) is 20.1 Å². The number of nitrogens with zero attached hydrogens (tertiary/aromatic N) is 1. The first-order valence-electron chi connectivity index (χ1n) is 6.95. The molecule has 100 valence electrons. The van der Waals surface area contributed by atoms with Crippen LogP contribution in [0.15, 0.2) is 6.07 Å². The summed E-state index contributed by atoms with van der Waals surface area (Å²) in [5, 5.41) is 3.87. The van der Waals surface area contributed by atoms with Gasteiger partial charge in [0.1, 0.15) is 0 Å². The van der Waals surface area contributed by atoms with Gasteiger partial charge in [-0.05, 0) is 63.9 Å². The molecule has 1 aromatic rings. The third-order valence-electron chi connectivity index (χ3n) is 4.24. The van der Waals surface area contributed by atoms with Gasteiger partial charge in [-0.2, -0.15) is 0 Å². The van der Waals surface area contributed by atoms with E-state index in [9.17, 15) is 0 Å². The Labute approximate surface area is 118 Å². The van der Waals surface area contributed by atoms with Crippen molar-refractivity contribution in [1.29, 1.82) is 0 Å². The largest absolute Gasteiger partial charge is 0.307 e.